The third-order valence-corrected chi connectivity index (χ3v) is 7.45. The summed E-state index contributed by atoms with van der Waals surface area (Å²) in [4.78, 5) is 18.7. The van der Waals surface area contributed by atoms with Crippen LogP contribution < -0.4 is 5.32 Å². The molecule has 5 rings (SSSR count). The number of aryl methyl sites for hydroxylation is 1. The molecule has 4 aromatic carbocycles. The molecule has 5 aromatic rings. The molecule has 8 heteroatoms. The van der Waals surface area contributed by atoms with Gasteiger partial charge in [-0.2, -0.15) is 13.2 Å². The minimum absolute atomic E-state index is 0.103. The van der Waals surface area contributed by atoms with Gasteiger partial charge in [0.15, 0.2) is 0 Å². The number of carbonyl (C=O) groups excluding carboxylic acids is 1. The number of fused-ring (bicyclic) bond motifs is 1. The molecule has 1 N–H and O–H groups in total. The zero-order valence-corrected chi connectivity index (χ0v) is 22.9. The van der Waals surface area contributed by atoms with Gasteiger partial charge in [-0.05, 0) is 90.0 Å². The molecule has 0 aliphatic heterocycles. The van der Waals surface area contributed by atoms with Crippen LogP contribution in [-0.4, -0.2) is 21.2 Å². The van der Waals surface area contributed by atoms with Gasteiger partial charge >= 0.3 is 6.18 Å². The first kappa shape index (κ1) is 27.5. The number of carbonyl (C=O) groups is 1. The van der Waals surface area contributed by atoms with E-state index in [0.29, 0.717) is 18.1 Å². The highest BCUT2D eigenvalue weighted by atomic mass is 32.2. The highest BCUT2D eigenvalue weighted by Gasteiger charge is 2.30. The molecule has 40 heavy (non-hydrogen) atoms. The molecule has 0 radical (unpaired) electrons. The Morgan fingerprint density at radius 3 is 2.23 bits per heavy atom. The van der Waals surface area contributed by atoms with Gasteiger partial charge in [0.05, 0.1) is 23.0 Å². The maximum atomic E-state index is 13.1. The van der Waals surface area contributed by atoms with Crippen molar-refractivity contribution >= 4 is 34.4 Å². The minimum Gasteiger partial charge on any atom is -0.326 e. The average molecular weight is 560 g/mol. The van der Waals surface area contributed by atoms with Crippen LogP contribution in [0.3, 0.4) is 0 Å². The van der Waals surface area contributed by atoms with Crippen LogP contribution >= 0.6 is 11.8 Å². The Labute approximate surface area is 235 Å². The maximum absolute atomic E-state index is 13.1. The van der Waals surface area contributed by atoms with Crippen LogP contribution in [0.25, 0.3) is 22.4 Å². The Morgan fingerprint density at radius 2 is 1.57 bits per heavy atom. The smallest absolute Gasteiger partial charge is 0.326 e. The van der Waals surface area contributed by atoms with E-state index >= 15 is 0 Å². The second kappa shape index (κ2) is 11.6. The van der Waals surface area contributed by atoms with Crippen molar-refractivity contribution < 1.29 is 18.0 Å². The lowest BCUT2D eigenvalue weighted by molar-refractivity contribution is -0.137. The topological polar surface area (TPSA) is 46.9 Å². The summed E-state index contributed by atoms with van der Waals surface area (Å²) in [5, 5.41) is 2.95. The summed E-state index contributed by atoms with van der Waals surface area (Å²) < 4.78 is 41.2. The molecule has 0 bridgehead atoms. The summed E-state index contributed by atoms with van der Waals surface area (Å²) in [5.74, 6) is 1.60. The summed E-state index contributed by atoms with van der Waals surface area (Å²) in [6.45, 7) is 4.46. The van der Waals surface area contributed by atoms with Gasteiger partial charge in [0.1, 0.15) is 5.82 Å². The van der Waals surface area contributed by atoms with Gasteiger partial charge in [-0.1, -0.05) is 37.3 Å². The summed E-state index contributed by atoms with van der Waals surface area (Å²) in [6.07, 6.45) is -4.10. The number of rotatable bonds is 8. The molecule has 1 heterocycles. The number of hydrogen-bond acceptors (Lipinski definition) is 3. The van der Waals surface area contributed by atoms with Crippen LogP contribution in [0.4, 0.5) is 18.9 Å². The summed E-state index contributed by atoms with van der Waals surface area (Å²) in [6, 6.07) is 26.6. The van der Waals surface area contributed by atoms with Crippen molar-refractivity contribution in [1.29, 1.82) is 0 Å². The van der Waals surface area contributed by atoms with E-state index in [0.717, 1.165) is 51.2 Å². The number of anilines is 1. The Kier molecular flexibility index (Phi) is 7.98. The quantitative estimate of drug-likeness (QED) is 0.194. The fourth-order valence-corrected chi connectivity index (χ4v) is 5.22. The first-order chi connectivity index (χ1) is 19.2. The first-order valence-corrected chi connectivity index (χ1v) is 13.9. The zero-order chi connectivity index (χ0) is 28.3. The second-order valence-corrected chi connectivity index (χ2v) is 10.9. The molecule has 1 amide bonds. The lowest BCUT2D eigenvalue weighted by Gasteiger charge is -2.12. The maximum Gasteiger partial charge on any atom is 0.416 e. The summed E-state index contributed by atoms with van der Waals surface area (Å²) in [5.41, 5.74) is 5.28. The zero-order valence-electron chi connectivity index (χ0n) is 22.1. The van der Waals surface area contributed by atoms with E-state index in [-0.39, 0.29) is 12.3 Å². The molecular weight excluding hydrogens is 531 g/mol. The van der Waals surface area contributed by atoms with Crippen molar-refractivity contribution in [3.05, 3.63) is 113 Å². The van der Waals surface area contributed by atoms with E-state index in [4.69, 9.17) is 4.98 Å². The van der Waals surface area contributed by atoms with Crippen LogP contribution in [0.5, 0.6) is 0 Å². The molecule has 0 atom stereocenters. The number of amides is 1. The standard InChI is InChI=1S/C32H28F3N3OS/c1-3-40-27-15-7-22(8-16-27)19-30(39)36-26-13-9-24(10-14-26)31-37-28-17-4-21(2)18-29(28)38(31)20-23-5-11-25(12-6-23)32(33,34)35/h4-18H,3,19-20H2,1-2H3,(H,36,39). The third kappa shape index (κ3) is 6.39. The highest BCUT2D eigenvalue weighted by Crippen LogP contribution is 2.31. The van der Waals surface area contributed by atoms with E-state index in [1.165, 1.54) is 17.0 Å². The van der Waals surface area contributed by atoms with Crippen LogP contribution in [-0.2, 0) is 23.9 Å². The van der Waals surface area contributed by atoms with Crippen molar-refractivity contribution in [3.8, 4) is 11.4 Å². The summed E-state index contributed by atoms with van der Waals surface area (Å²) >= 11 is 1.76. The molecule has 1 aromatic heterocycles. The Bertz CT molecular complexity index is 1620. The minimum atomic E-state index is -4.38. The van der Waals surface area contributed by atoms with E-state index in [1.807, 2.05) is 78.2 Å². The number of aromatic nitrogens is 2. The number of thioether (sulfide) groups is 1. The Hall–Kier alpha value is -4.04. The highest BCUT2D eigenvalue weighted by molar-refractivity contribution is 7.99. The number of halogens is 3. The molecule has 0 aliphatic rings. The fourth-order valence-electron chi connectivity index (χ4n) is 4.56. The van der Waals surface area contributed by atoms with Crippen molar-refractivity contribution in [1.82, 2.24) is 9.55 Å². The fraction of sp³-hybridized carbons (Fsp3) is 0.188. The molecule has 4 nitrogen and oxygen atoms in total. The van der Waals surface area contributed by atoms with Crippen molar-refractivity contribution in [2.24, 2.45) is 0 Å². The molecule has 0 saturated heterocycles. The van der Waals surface area contributed by atoms with Gasteiger partial charge in [0.25, 0.3) is 0 Å². The number of hydrogen-bond donors (Lipinski definition) is 1. The predicted octanol–water partition coefficient (Wildman–Crippen LogP) is 8.37. The van der Waals surface area contributed by atoms with E-state index in [2.05, 4.69) is 12.2 Å². The Morgan fingerprint density at radius 1 is 0.900 bits per heavy atom. The largest absolute Gasteiger partial charge is 0.416 e. The van der Waals surface area contributed by atoms with Gasteiger partial charge < -0.3 is 9.88 Å². The van der Waals surface area contributed by atoms with Crippen molar-refractivity contribution in [2.45, 2.75) is 37.9 Å². The number of nitrogens with zero attached hydrogens (tertiary/aromatic N) is 2. The van der Waals surface area contributed by atoms with E-state index < -0.39 is 11.7 Å². The van der Waals surface area contributed by atoms with Crippen LogP contribution in [0.2, 0.25) is 0 Å². The molecule has 0 unspecified atom stereocenters. The molecule has 0 spiro atoms. The van der Waals surface area contributed by atoms with Gasteiger partial charge in [-0.3, -0.25) is 4.79 Å². The molecule has 0 fully saturated rings. The van der Waals surface area contributed by atoms with Crippen molar-refractivity contribution in [2.75, 3.05) is 11.1 Å². The summed E-state index contributed by atoms with van der Waals surface area (Å²) in [7, 11) is 0. The van der Waals surface area contributed by atoms with E-state index in [1.54, 1.807) is 11.8 Å². The lowest BCUT2D eigenvalue weighted by Crippen LogP contribution is -2.14. The third-order valence-electron chi connectivity index (χ3n) is 6.55. The molecule has 0 aliphatic carbocycles. The average Bonchev–Trinajstić information content (AvgIpc) is 3.27. The Balaban J connectivity index is 1.36. The van der Waals surface area contributed by atoms with Crippen LogP contribution in [0.1, 0.15) is 29.2 Å². The second-order valence-electron chi connectivity index (χ2n) is 9.59. The molecular formula is C32H28F3N3OS. The number of nitrogens with one attached hydrogen (secondary N) is 1. The van der Waals surface area contributed by atoms with Crippen LogP contribution in [0, 0.1) is 6.92 Å². The van der Waals surface area contributed by atoms with E-state index in [9.17, 15) is 18.0 Å². The predicted molar refractivity (Wildman–Crippen MR) is 156 cm³/mol. The molecule has 204 valence electrons. The van der Waals surface area contributed by atoms with Gasteiger partial charge in [0, 0.05) is 22.7 Å². The normalized spacial score (nSPS) is 11.6. The van der Waals surface area contributed by atoms with Gasteiger partial charge in [0.2, 0.25) is 5.91 Å². The number of alkyl halides is 3. The van der Waals surface area contributed by atoms with Gasteiger partial charge in [-0.15, -0.1) is 11.8 Å². The first-order valence-electron chi connectivity index (χ1n) is 12.9. The number of benzene rings is 4. The van der Waals surface area contributed by atoms with Gasteiger partial charge in [-0.25, -0.2) is 4.98 Å². The number of imidazole rings is 1. The molecule has 0 saturated carbocycles. The lowest BCUT2D eigenvalue weighted by atomic mass is 10.1. The SMILES string of the molecule is CCSc1ccc(CC(=O)Nc2ccc(-c3nc4ccc(C)cc4n3Cc3ccc(C(F)(F)F)cc3)cc2)cc1. The van der Waals surface area contributed by atoms with Crippen LogP contribution in [0.15, 0.2) is 95.9 Å². The van der Waals surface area contributed by atoms with Crippen molar-refractivity contribution in [3.63, 3.8) is 0 Å². The monoisotopic (exact) mass is 559 g/mol.